The molecule has 0 aliphatic rings. The van der Waals surface area contributed by atoms with Gasteiger partial charge in [0.25, 0.3) is 5.91 Å². The van der Waals surface area contributed by atoms with Gasteiger partial charge in [0, 0.05) is 30.7 Å². The van der Waals surface area contributed by atoms with E-state index in [0.29, 0.717) is 30.3 Å². The summed E-state index contributed by atoms with van der Waals surface area (Å²) in [5, 5.41) is 3.17. The van der Waals surface area contributed by atoms with Crippen LogP contribution in [-0.4, -0.2) is 22.5 Å². The first-order valence-corrected chi connectivity index (χ1v) is 6.76. The van der Waals surface area contributed by atoms with Gasteiger partial charge < -0.3 is 15.8 Å². The second-order valence-corrected chi connectivity index (χ2v) is 4.46. The molecule has 3 N–H and O–H groups in total. The average molecular weight is 286 g/mol. The van der Waals surface area contributed by atoms with Gasteiger partial charge >= 0.3 is 0 Å². The molecule has 0 saturated heterocycles. The number of aromatic nitrogens is 2. The summed E-state index contributed by atoms with van der Waals surface area (Å²) in [5.41, 5.74) is 7.24. The zero-order chi connectivity index (χ0) is 15.1. The van der Waals surface area contributed by atoms with Gasteiger partial charge in [0.1, 0.15) is 0 Å². The summed E-state index contributed by atoms with van der Waals surface area (Å²) in [5.74, 6) is 0.0841. The van der Waals surface area contributed by atoms with Crippen molar-refractivity contribution in [2.75, 3.05) is 11.9 Å². The van der Waals surface area contributed by atoms with Crippen LogP contribution in [0.1, 0.15) is 29.3 Å². The Hall–Kier alpha value is -2.63. The molecule has 0 atom stereocenters. The van der Waals surface area contributed by atoms with Crippen molar-refractivity contribution in [1.29, 1.82) is 0 Å². The fourth-order valence-corrected chi connectivity index (χ4v) is 1.82. The molecule has 6 heteroatoms. The SMILES string of the molecule is CCCOc1ncccc1CNc1ccncc1C(N)=O. The van der Waals surface area contributed by atoms with E-state index in [1.165, 1.54) is 6.20 Å². The molecule has 1 amide bonds. The standard InChI is InChI=1S/C15H18N4O2/c1-2-8-21-15-11(4-3-6-18-15)9-19-13-5-7-17-10-12(13)14(16)20/h3-7,10H,2,8-9H2,1H3,(H2,16,20)(H,17,19). The molecular weight excluding hydrogens is 268 g/mol. The van der Waals surface area contributed by atoms with E-state index < -0.39 is 5.91 Å². The molecule has 0 saturated carbocycles. The van der Waals surface area contributed by atoms with Gasteiger partial charge in [0.15, 0.2) is 0 Å². The molecular formula is C15H18N4O2. The van der Waals surface area contributed by atoms with E-state index >= 15 is 0 Å². The number of hydrogen-bond acceptors (Lipinski definition) is 5. The minimum Gasteiger partial charge on any atom is -0.477 e. The molecule has 2 aromatic heterocycles. The number of anilines is 1. The van der Waals surface area contributed by atoms with E-state index in [4.69, 9.17) is 10.5 Å². The van der Waals surface area contributed by atoms with E-state index in [1.807, 2.05) is 19.1 Å². The van der Waals surface area contributed by atoms with Gasteiger partial charge in [-0.05, 0) is 18.6 Å². The maximum absolute atomic E-state index is 11.3. The fourth-order valence-electron chi connectivity index (χ4n) is 1.82. The molecule has 21 heavy (non-hydrogen) atoms. The lowest BCUT2D eigenvalue weighted by Gasteiger charge is -2.12. The number of nitrogens with one attached hydrogen (secondary N) is 1. The number of nitrogens with two attached hydrogens (primary N) is 1. The van der Waals surface area contributed by atoms with Crippen molar-refractivity contribution in [2.24, 2.45) is 5.73 Å². The second-order valence-electron chi connectivity index (χ2n) is 4.46. The minimum atomic E-state index is -0.515. The van der Waals surface area contributed by atoms with Crippen LogP contribution >= 0.6 is 0 Å². The van der Waals surface area contributed by atoms with Gasteiger partial charge in [0.2, 0.25) is 5.88 Å². The normalized spacial score (nSPS) is 10.1. The first-order valence-electron chi connectivity index (χ1n) is 6.76. The van der Waals surface area contributed by atoms with Gasteiger partial charge in [-0.3, -0.25) is 9.78 Å². The Kier molecular flexibility index (Phi) is 5.09. The molecule has 110 valence electrons. The summed E-state index contributed by atoms with van der Waals surface area (Å²) in [6, 6.07) is 5.48. The highest BCUT2D eigenvalue weighted by atomic mass is 16.5. The fraction of sp³-hybridized carbons (Fsp3) is 0.267. The monoisotopic (exact) mass is 286 g/mol. The molecule has 2 rings (SSSR count). The summed E-state index contributed by atoms with van der Waals surface area (Å²) in [6.07, 6.45) is 5.66. The van der Waals surface area contributed by atoms with Crippen LogP contribution in [0.15, 0.2) is 36.8 Å². The third-order valence-corrected chi connectivity index (χ3v) is 2.85. The van der Waals surface area contributed by atoms with Crippen LogP contribution in [0, 0.1) is 0 Å². The molecule has 0 aromatic carbocycles. The summed E-state index contributed by atoms with van der Waals surface area (Å²) >= 11 is 0. The van der Waals surface area contributed by atoms with E-state index in [0.717, 1.165) is 12.0 Å². The number of hydrogen-bond donors (Lipinski definition) is 2. The van der Waals surface area contributed by atoms with E-state index in [1.54, 1.807) is 18.5 Å². The molecule has 0 fully saturated rings. The molecule has 6 nitrogen and oxygen atoms in total. The van der Waals surface area contributed by atoms with Crippen LogP contribution < -0.4 is 15.8 Å². The van der Waals surface area contributed by atoms with Crippen molar-refractivity contribution in [3.05, 3.63) is 47.9 Å². The van der Waals surface area contributed by atoms with Crippen molar-refractivity contribution in [3.63, 3.8) is 0 Å². The summed E-state index contributed by atoms with van der Waals surface area (Å²) in [6.45, 7) is 3.14. The Bertz CT molecular complexity index is 616. The van der Waals surface area contributed by atoms with E-state index in [-0.39, 0.29) is 0 Å². The van der Waals surface area contributed by atoms with Crippen LogP contribution in [0.25, 0.3) is 0 Å². The first kappa shape index (κ1) is 14.8. The molecule has 2 aromatic rings. The van der Waals surface area contributed by atoms with Crippen LogP contribution in [-0.2, 0) is 6.54 Å². The van der Waals surface area contributed by atoms with Crippen molar-refractivity contribution in [2.45, 2.75) is 19.9 Å². The van der Waals surface area contributed by atoms with Gasteiger partial charge in [-0.15, -0.1) is 0 Å². The topological polar surface area (TPSA) is 90.1 Å². The molecule has 0 bridgehead atoms. The number of ether oxygens (including phenoxy) is 1. The molecule has 0 spiro atoms. The number of nitrogens with zero attached hydrogens (tertiary/aromatic N) is 2. The highest BCUT2D eigenvalue weighted by Crippen LogP contribution is 2.18. The highest BCUT2D eigenvalue weighted by molar-refractivity contribution is 5.98. The lowest BCUT2D eigenvalue weighted by atomic mass is 10.2. The van der Waals surface area contributed by atoms with E-state index in [9.17, 15) is 4.79 Å². The minimum absolute atomic E-state index is 0.359. The maximum Gasteiger partial charge on any atom is 0.252 e. The van der Waals surface area contributed by atoms with Crippen molar-refractivity contribution < 1.29 is 9.53 Å². The van der Waals surface area contributed by atoms with Crippen molar-refractivity contribution >= 4 is 11.6 Å². The molecule has 2 heterocycles. The van der Waals surface area contributed by atoms with Crippen LogP contribution in [0.2, 0.25) is 0 Å². The lowest BCUT2D eigenvalue weighted by molar-refractivity contribution is 0.100. The zero-order valence-corrected chi connectivity index (χ0v) is 11.9. The smallest absolute Gasteiger partial charge is 0.252 e. The lowest BCUT2D eigenvalue weighted by Crippen LogP contribution is -2.15. The highest BCUT2D eigenvalue weighted by Gasteiger charge is 2.09. The predicted molar refractivity (Wildman–Crippen MR) is 80.1 cm³/mol. The number of primary amides is 1. The summed E-state index contributed by atoms with van der Waals surface area (Å²) < 4.78 is 5.60. The molecule has 0 unspecified atom stereocenters. The Morgan fingerprint density at radius 2 is 2.24 bits per heavy atom. The first-order chi connectivity index (χ1) is 10.2. The average Bonchev–Trinajstić information content (AvgIpc) is 2.52. The number of rotatable bonds is 7. The van der Waals surface area contributed by atoms with Crippen molar-refractivity contribution in [1.82, 2.24) is 9.97 Å². The predicted octanol–water partition coefficient (Wildman–Crippen LogP) is 1.98. The third-order valence-electron chi connectivity index (χ3n) is 2.85. The Balaban J connectivity index is 2.12. The number of carbonyl (C=O) groups excluding carboxylic acids is 1. The van der Waals surface area contributed by atoms with Crippen molar-refractivity contribution in [3.8, 4) is 5.88 Å². The zero-order valence-electron chi connectivity index (χ0n) is 11.9. The van der Waals surface area contributed by atoms with E-state index in [2.05, 4.69) is 15.3 Å². The number of carbonyl (C=O) groups is 1. The number of pyridine rings is 2. The Labute approximate surface area is 123 Å². The molecule has 0 aliphatic carbocycles. The summed E-state index contributed by atoms with van der Waals surface area (Å²) in [4.78, 5) is 19.5. The van der Waals surface area contributed by atoms with Gasteiger partial charge in [-0.1, -0.05) is 13.0 Å². The number of amides is 1. The van der Waals surface area contributed by atoms with Gasteiger partial charge in [-0.2, -0.15) is 0 Å². The maximum atomic E-state index is 11.3. The Morgan fingerprint density at radius 3 is 3.00 bits per heavy atom. The van der Waals surface area contributed by atoms with Crippen LogP contribution in [0.3, 0.4) is 0 Å². The summed E-state index contributed by atoms with van der Waals surface area (Å²) in [7, 11) is 0. The third kappa shape index (κ3) is 3.92. The van der Waals surface area contributed by atoms with Crippen LogP contribution in [0.5, 0.6) is 5.88 Å². The van der Waals surface area contributed by atoms with Gasteiger partial charge in [-0.25, -0.2) is 4.98 Å². The van der Waals surface area contributed by atoms with Crippen LogP contribution in [0.4, 0.5) is 5.69 Å². The molecule has 0 radical (unpaired) electrons. The molecule has 0 aliphatic heterocycles. The quantitative estimate of drug-likeness (QED) is 0.812. The second kappa shape index (κ2) is 7.23. The largest absolute Gasteiger partial charge is 0.477 e. The Morgan fingerprint density at radius 1 is 1.38 bits per heavy atom. The van der Waals surface area contributed by atoms with Gasteiger partial charge in [0.05, 0.1) is 17.9 Å².